The predicted molar refractivity (Wildman–Crippen MR) is 55.0 cm³/mol. The molecule has 4 nitrogen and oxygen atoms in total. The van der Waals surface area contributed by atoms with Crippen molar-refractivity contribution >= 4 is 5.91 Å². The van der Waals surface area contributed by atoms with Crippen LogP contribution in [0.5, 0.6) is 0 Å². The van der Waals surface area contributed by atoms with Gasteiger partial charge >= 0.3 is 0 Å². The van der Waals surface area contributed by atoms with Gasteiger partial charge in [0.2, 0.25) is 5.91 Å². The molecule has 0 saturated heterocycles. The van der Waals surface area contributed by atoms with Crippen LogP contribution in [0.3, 0.4) is 0 Å². The van der Waals surface area contributed by atoms with Gasteiger partial charge in [0.15, 0.2) is 0 Å². The van der Waals surface area contributed by atoms with Gasteiger partial charge in [0.05, 0.1) is 12.1 Å². The first-order valence-corrected chi connectivity index (χ1v) is 4.92. The van der Waals surface area contributed by atoms with E-state index in [2.05, 4.69) is 5.32 Å². The van der Waals surface area contributed by atoms with Gasteiger partial charge in [0.25, 0.3) is 0 Å². The highest BCUT2D eigenvalue weighted by Crippen LogP contribution is 2.03. The molecule has 14 heavy (non-hydrogen) atoms. The smallest absolute Gasteiger partial charge is 0.220 e. The molecule has 0 aromatic rings. The summed E-state index contributed by atoms with van der Waals surface area (Å²) in [6, 6.07) is 0. The summed E-state index contributed by atoms with van der Waals surface area (Å²) >= 11 is 0. The van der Waals surface area contributed by atoms with E-state index in [1.807, 2.05) is 13.8 Å². The van der Waals surface area contributed by atoms with Crippen LogP contribution >= 0.6 is 0 Å². The molecule has 0 aromatic carbocycles. The first kappa shape index (κ1) is 13.4. The highest BCUT2D eigenvalue weighted by molar-refractivity contribution is 5.76. The molecule has 0 spiro atoms. The van der Waals surface area contributed by atoms with Gasteiger partial charge < -0.3 is 15.2 Å². The maximum absolute atomic E-state index is 11.4. The van der Waals surface area contributed by atoms with Crippen LogP contribution in [-0.4, -0.2) is 36.9 Å². The Morgan fingerprint density at radius 3 is 2.57 bits per heavy atom. The number of ether oxygens (including phenoxy) is 1. The van der Waals surface area contributed by atoms with Crippen LogP contribution in [0.25, 0.3) is 0 Å². The lowest BCUT2D eigenvalue weighted by atomic mass is 10.1. The molecule has 0 aromatic heterocycles. The molecule has 0 aliphatic carbocycles. The second-order valence-corrected chi connectivity index (χ2v) is 4.05. The molecule has 1 amide bonds. The summed E-state index contributed by atoms with van der Waals surface area (Å²) in [6.45, 7) is 4.48. The number of carbonyl (C=O) groups excluding carboxylic acids is 1. The second kappa shape index (κ2) is 6.79. The lowest BCUT2D eigenvalue weighted by Crippen LogP contribution is -2.46. The van der Waals surface area contributed by atoms with E-state index >= 15 is 0 Å². The molecule has 84 valence electrons. The largest absolute Gasteiger partial charge is 0.396 e. The normalized spacial score (nSPS) is 11.4. The highest BCUT2D eigenvalue weighted by Gasteiger charge is 2.19. The number of aliphatic hydroxyl groups excluding tert-OH is 1. The summed E-state index contributed by atoms with van der Waals surface area (Å²) in [4.78, 5) is 11.4. The Morgan fingerprint density at radius 2 is 2.07 bits per heavy atom. The van der Waals surface area contributed by atoms with Crippen molar-refractivity contribution in [2.45, 2.75) is 38.6 Å². The van der Waals surface area contributed by atoms with Crippen molar-refractivity contribution in [3.8, 4) is 0 Å². The number of nitrogens with one attached hydrogen (secondary N) is 1. The minimum atomic E-state index is -0.314. The molecule has 0 bridgehead atoms. The monoisotopic (exact) mass is 203 g/mol. The van der Waals surface area contributed by atoms with Crippen LogP contribution in [0.2, 0.25) is 0 Å². The van der Waals surface area contributed by atoms with Crippen LogP contribution in [-0.2, 0) is 9.53 Å². The first-order chi connectivity index (χ1) is 6.52. The van der Waals surface area contributed by atoms with Crippen LogP contribution in [0.15, 0.2) is 0 Å². The van der Waals surface area contributed by atoms with Gasteiger partial charge in [-0.15, -0.1) is 0 Å². The maximum atomic E-state index is 11.4. The van der Waals surface area contributed by atoms with Crippen molar-refractivity contribution in [3.05, 3.63) is 0 Å². The Balaban J connectivity index is 3.69. The molecule has 0 unspecified atom stereocenters. The SMILES string of the molecule is COCC(C)(C)NC(=O)CCCCO. The fourth-order valence-electron chi connectivity index (χ4n) is 1.23. The van der Waals surface area contributed by atoms with E-state index in [1.54, 1.807) is 7.11 Å². The van der Waals surface area contributed by atoms with Crippen molar-refractivity contribution in [3.63, 3.8) is 0 Å². The third-order valence-corrected chi connectivity index (χ3v) is 1.79. The molecule has 2 N–H and O–H groups in total. The molecule has 0 aliphatic heterocycles. The van der Waals surface area contributed by atoms with E-state index in [0.29, 0.717) is 19.4 Å². The average Bonchev–Trinajstić information content (AvgIpc) is 2.03. The summed E-state index contributed by atoms with van der Waals surface area (Å²) in [6.07, 6.45) is 1.87. The van der Waals surface area contributed by atoms with Gasteiger partial charge in [-0.1, -0.05) is 0 Å². The predicted octanol–water partition coefficient (Wildman–Crippen LogP) is 0.690. The Hall–Kier alpha value is -0.610. The van der Waals surface area contributed by atoms with Crippen molar-refractivity contribution in [2.24, 2.45) is 0 Å². The molecule has 0 atom stereocenters. The third-order valence-electron chi connectivity index (χ3n) is 1.79. The fourth-order valence-corrected chi connectivity index (χ4v) is 1.23. The van der Waals surface area contributed by atoms with Crippen molar-refractivity contribution in [1.29, 1.82) is 0 Å². The standard InChI is InChI=1S/C10H21NO3/c1-10(2,8-14-3)11-9(13)6-4-5-7-12/h12H,4-8H2,1-3H3,(H,11,13). The summed E-state index contributed by atoms with van der Waals surface area (Å²) in [5.74, 6) is 0.0144. The molecule has 0 heterocycles. The number of aliphatic hydroxyl groups is 1. The molecule has 0 radical (unpaired) electrons. The number of hydrogen-bond acceptors (Lipinski definition) is 3. The third kappa shape index (κ3) is 6.86. The van der Waals surface area contributed by atoms with Crippen molar-refractivity contribution < 1.29 is 14.6 Å². The Kier molecular flexibility index (Phi) is 6.49. The van der Waals surface area contributed by atoms with E-state index in [0.717, 1.165) is 6.42 Å². The maximum Gasteiger partial charge on any atom is 0.220 e. The molecule has 0 aliphatic rings. The van der Waals surface area contributed by atoms with Gasteiger partial charge in [-0.25, -0.2) is 0 Å². The first-order valence-electron chi connectivity index (χ1n) is 4.92. The van der Waals surface area contributed by atoms with Crippen LogP contribution in [0.1, 0.15) is 33.1 Å². The highest BCUT2D eigenvalue weighted by atomic mass is 16.5. The Morgan fingerprint density at radius 1 is 1.43 bits per heavy atom. The number of unbranched alkanes of at least 4 members (excludes halogenated alkanes) is 1. The Bertz CT molecular complexity index is 169. The van der Waals surface area contributed by atoms with E-state index < -0.39 is 0 Å². The zero-order valence-electron chi connectivity index (χ0n) is 9.30. The number of amides is 1. The topological polar surface area (TPSA) is 58.6 Å². The van der Waals surface area contributed by atoms with E-state index in [9.17, 15) is 4.79 Å². The molecule has 4 heteroatoms. The van der Waals surface area contributed by atoms with Gasteiger partial charge in [0.1, 0.15) is 0 Å². The van der Waals surface area contributed by atoms with Crippen LogP contribution < -0.4 is 5.32 Å². The van der Waals surface area contributed by atoms with Gasteiger partial charge in [0, 0.05) is 20.1 Å². The number of hydrogen-bond donors (Lipinski definition) is 2. The quantitative estimate of drug-likeness (QED) is 0.598. The second-order valence-electron chi connectivity index (χ2n) is 4.05. The molecular formula is C10H21NO3. The summed E-state index contributed by atoms with van der Waals surface area (Å²) < 4.78 is 4.98. The minimum absolute atomic E-state index is 0.0144. The number of rotatable bonds is 7. The summed E-state index contributed by atoms with van der Waals surface area (Å²) in [5, 5.41) is 11.4. The van der Waals surface area contributed by atoms with E-state index in [1.165, 1.54) is 0 Å². The van der Waals surface area contributed by atoms with Crippen molar-refractivity contribution in [1.82, 2.24) is 5.32 Å². The summed E-state index contributed by atoms with van der Waals surface area (Å²) in [7, 11) is 1.61. The molecule has 0 saturated carbocycles. The molecular weight excluding hydrogens is 182 g/mol. The lowest BCUT2D eigenvalue weighted by Gasteiger charge is -2.25. The van der Waals surface area contributed by atoms with Gasteiger partial charge in [-0.05, 0) is 26.7 Å². The molecule has 0 rings (SSSR count). The Labute approximate surface area is 85.6 Å². The molecule has 0 fully saturated rings. The van der Waals surface area contributed by atoms with Gasteiger partial charge in [-0.3, -0.25) is 4.79 Å². The number of methoxy groups -OCH3 is 1. The van der Waals surface area contributed by atoms with Gasteiger partial charge in [-0.2, -0.15) is 0 Å². The zero-order valence-corrected chi connectivity index (χ0v) is 9.30. The van der Waals surface area contributed by atoms with Crippen LogP contribution in [0, 0.1) is 0 Å². The lowest BCUT2D eigenvalue weighted by molar-refractivity contribution is -0.123. The average molecular weight is 203 g/mol. The number of carbonyl (C=O) groups is 1. The summed E-state index contributed by atoms with van der Waals surface area (Å²) in [5.41, 5.74) is -0.314. The minimum Gasteiger partial charge on any atom is -0.396 e. The fraction of sp³-hybridized carbons (Fsp3) is 0.900. The zero-order chi connectivity index (χ0) is 11.0. The van der Waals surface area contributed by atoms with Crippen molar-refractivity contribution in [2.75, 3.05) is 20.3 Å². The van der Waals surface area contributed by atoms with E-state index in [4.69, 9.17) is 9.84 Å². The van der Waals surface area contributed by atoms with E-state index in [-0.39, 0.29) is 18.1 Å². The van der Waals surface area contributed by atoms with Crippen LogP contribution in [0.4, 0.5) is 0 Å².